The van der Waals surface area contributed by atoms with Gasteiger partial charge in [-0.1, -0.05) is 27.7 Å². The molecule has 19 heavy (non-hydrogen) atoms. The lowest BCUT2D eigenvalue weighted by molar-refractivity contribution is 0.955. The maximum atomic E-state index is 4.44. The first-order valence-corrected chi connectivity index (χ1v) is 6.77. The predicted molar refractivity (Wildman–Crippen MR) is 82.6 cm³/mol. The van der Waals surface area contributed by atoms with Crippen LogP contribution in [0.5, 0.6) is 0 Å². The Morgan fingerprint density at radius 2 is 1.89 bits per heavy atom. The predicted octanol–water partition coefficient (Wildman–Crippen LogP) is 3.54. The van der Waals surface area contributed by atoms with Gasteiger partial charge in [0.15, 0.2) is 0 Å². The van der Waals surface area contributed by atoms with Crippen LogP contribution in [-0.2, 0) is 7.05 Å². The van der Waals surface area contributed by atoms with Gasteiger partial charge in [0, 0.05) is 25.7 Å². The van der Waals surface area contributed by atoms with Gasteiger partial charge in [-0.15, -0.1) is 0 Å². The number of aromatic amines is 1. The van der Waals surface area contributed by atoms with Crippen LogP contribution in [0.3, 0.4) is 0 Å². The lowest BCUT2D eigenvalue weighted by Gasteiger charge is -2.00. The number of H-pyrrole nitrogens is 1. The number of imidazole rings is 1. The highest BCUT2D eigenvalue weighted by molar-refractivity contribution is 6.01. The Hall–Kier alpha value is -2.04. The summed E-state index contributed by atoms with van der Waals surface area (Å²) in [5.74, 6) is 0.848. The largest absolute Gasteiger partial charge is 0.359 e. The average molecular weight is 261 g/mol. The first kappa shape index (κ1) is 15.0. The lowest BCUT2D eigenvalue weighted by atomic mass is 10.3. The third kappa shape index (κ3) is 2.54. The molecule has 0 spiro atoms. The minimum Gasteiger partial charge on any atom is -0.359 e. The van der Waals surface area contributed by atoms with Gasteiger partial charge < -0.3 is 14.9 Å². The Morgan fingerprint density at radius 1 is 1.21 bits per heavy atom. The van der Waals surface area contributed by atoms with Crippen LogP contribution in [0.25, 0.3) is 22.1 Å². The van der Waals surface area contributed by atoms with E-state index in [1.165, 1.54) is 0 Å². The molecular weight excluding hydrogens is 238 g/mol. The number of fused-ring (bicyclic) bond motifs is 3. The Balaban J connectivity index is 0.000000415. The van der Waals surface area contributed by atoms with E-state index in [4.69, 9.17) is 0 Å². The minimum absolute atomic E-state index is 0.848. The summed E-state index contributed by atoms with van der Waals surface area (Å²) in [6.07, 6.45) is 3.68. The van der Waals surface area contributed by atoms with Gasteiger partial charge in [-0.3, -0.25) is 0 Å². The van der Waals surface area contributed by atoms with Gasteiger partial charge in [-0.05, 0) is 6.07 Å². The highest BCUT2D eigenvalue weighted by atomic mass is 15.2. The van der Waals surface area contributed by atoms with Crippen LogP contribution < -0.4 is 5.32 Å². The summed E-state index contributed by atoms with van der Waals surface area (Å²) in [5.41, 5.74) is 2.91. The smallest absolute Gasteiger partial charge is 0.203 e. The molecule has 0 unspecified atom stereocenters. The van der Waals surface area contributed by atoms with Gasteiger partial charge in [-0.25, -0.2) is 9.97 Å². The summed E-state index contributed by atoms with van der Waals surface area (Å²) >= 11 is 0. The molecule has 0 aliphatic carbocycles. The van der Waals surface area contributed by atoms with Gasteiger partial charge in [0.25, 0.3) is 0 Å². The highest BCUT2D eigenvalue weighted by Gasteiger charge is 2.10. The molecule has 0 bridgehead atoms. The zero-order valence-electron chi connectivity index (χ0n) is 12.6. The Kier molecular flexibility index (Phi) is 5.36. The second kappa shape index (κ2) is 6.78. The Morgan fingerprint density at radius 3 is 2.53 bits per heavy atom. The standard InChI is InChI=1S/C10H11N5.2C2H6/c1-11-10-14-7-5-13-9-6(3-4-12-9)8(7)15(10)2;2*1-2/h3-5H,1-2H3,(H,11,14)(H,12,13);2*1-2H3. The molecule has 104 valence electrons. The summed E-state index contributed by atoms with van der Waals surface area (Å²) in [6, 6.07) is 2.02. The van der Waals surface area contributed by atoms with E-state index >= 15 is 0 Å². The van der Waals surface area contributed by atoms with Gasteiger partial charge in [0.1, 0.15) is 11.2 Å². The number of aromatic nitrogens is 4. The third-order valence-electron chi connectivity index (χ3n) is 2.64. The molecule has 5 heteroatoms. The van der Waals surface area contributed by atoms with Crippen molar-refractivity contribution in [3.05, 3.63) is 18.5 Å². The van der Waals surface area contributed by atoms with Crippen molar-refractivity contribution in [2.45, 2.75) is 27.7 Å². The van der Waals surface area contributed by atoms with E-state index < -0.39 is 0 Å². The molecule has 0 fully saturated rings. The van der Waals surface area contributed by atoms with Crippen molar-refractivity contribution in [3.8, 4) is 0 Å². The van der Waals surface area contributed by atoms with Crippen molar-refractivity contribution in [1.82, 2.24) is 19.5 Å². The van der Waals surface area contributed by atoms with Crippen molar-refractivity contribution in [1.29, 1.82) is 0 Å². The minimum atomic E-state index is 0.848. The second-order valence-electron chi connectivity index (χ2n) is 3.48. The fraction of sp³-hybridized carbons (Fsp3) is 0.429. The van der Waals surface area contributed by atoms with Crippen molar-refractivity contribution in [2.75, 3.05) is 12.4 Å². The van der Waals surface area contributed by atoms with E-state index in [9.17, 15) is 0 Å². The SMILES string of the molecule is CC.CC.CNc1nc2cnc3[nH]ccc3c2n1C. The van der Waals surface area contributed by atoms with Crippen molar-refractivity contribution in [2.24, 2.45) is 7.05 Å². The molecule has 0 radical (unpaired) electrons. The van der Waals surface area contributed by atoms with E-state index in [2.05, 4.69) is 20.3 Å². The molecule has 2 N–H and O–H groups in total. The zero-order chi connectivity index (χ0) is 14.4. The van der Waals surface area contributed by atoms with E-state index in [0.29, 0.717) is 0 Å². The summed E-state index contributed by atoms with van der Waals surface area (Å²) in [4.78, 5) is 11.8. The van der Waals surface area contributed by atoms with Gasteiger partial charge in [0.2, 0.25) is 5.95 Å². The number of hydrogen-bond acceptors (Lipinski definition) is 3. The number of nitrogens with one attached hydrogen (secondary N) is 2. The van der Waals surface area contributed by atoms with Crippen LogP contribution >= 0.6 is 0 Å². The topological polar surface area (TPSA) is 58.5 Å². The van der Waals surface area contributed by atoms with Crippen LogP contribution in [0.15, 0.2) is 18.5 Å². The van der Waals surface area contributed by atoms with Gasteiger partial charge in [0.05, 0.1) is 11.7 Å². The second-order valence-corrected chi connectivity index (χ2v) is 3.48. The Bertz CT molecular complexity index is 636. The molecule has 0 saturated carbocycles. The quantitative estimate of drug-likeness (QED) is 0.704. The van der Waals surface area contributed by atoms with E-state index in [1.807, 2.05) is 58.6 Å². The van der Waals surface area contributed by atoms with Crippen LogP contribution in [0, 0.1) is 0 Å². The van der Waals surface area contributed by atoms with Crippen molar-refractivity contribution in [3.63, 3.8) is 0 Å². The molecule has 0 amide bonds. The highest BCUT2D eigenvalue weighted by Crippen LogP contribution is 2.24. The summed E-state index contributed by atoms with van der Waals surface area (Å²) in [5, 5.41) is 4.16. The molecule has 0 saturated heterocycles. The average Bonchev–Trinajstić information content (AvgIpc) is 3.07. The van der Waals surface area contributed by atoms with E-state index in [0.717, 1.165) is 28.0 Å². The van der Waals surface area contributed by atoms with Crippen molar-refractivity contribution < 1.29 is 0 Å². The molecule has 3 aromatic rings. The molecule has 5 nitrogen and oxygen atoms in total. The molecule has 0 aromatic carbocycles. The molecule has 0 aliphatic heterocycles. The van der Waals surface area contributed by atoms with E-state index in [-0.39, 0.29) is 0 Å². The number of rotatable bonds is 1. The number of aryl methyl sites for hydroxylation is 1. The number of pyridine rings is 1. The first-order chi connectivity index (χ1) is 9.31. The monoisotopic (exact) mass is 261 g/mol. The molecular formula is C14H23N5. The summed E-state index contributed by atoms with van der Waals surface area (Å²) in [6.45, 7) is 8.00. The molecule has 3 aromatic heterocycles. The molecule has 0 aliphatic rings. The lowest BCUT2D eigenvalue weighted by Crippen LogP contribution is -1.97. The maximum Gasteiger partial charge on any atom is 0.203 e. The normalized spacial score (nSPS) is 9.58. The summed E-state index contributed by atoms with van der Waals surface area (Å²) < 4.78 is 2.03. The molecule has 3 heterocycles. The maximum absolute atomic E-state index is 4.44. The zero-order valence-corrected chi connectivity index (χ0v) is 12.6. The number of hydrogen-bond donors (Lipinski definition) is 2. The molecule has 3 rings (SSSR count). The fourth-order valence-electron chi connectivity index (χ4n) is 1.94. The van der Waals surface area contributed by atoms with Crippen LogP contribution in [-0.4, -0.2) is 26.6 Å². The van der Waals surface area contributed by atoms with Crippen molar-refractivity contribution >= 4 is 28.0 Å². The first-order valence-electron chi connectivity index (χ1n) is 6.77. The van der Waals surface area contributed by atoms with Crippen LogP contribution in [0.1, 0.15) is 27.7 Å². The van der Waals surface area contributed by atoms with E-state index in [1.54, 1.807) is 6.20 Å². The fourth-order valence-corrected chi connectivity index (χ4v) is 1.94. The van der Waals surface area contributed by atoms with Gasteiger partial charge >= 0.3 is 0 Å². The summed E-state index contributed by atoms with van der Waals surface area (Å²) in [7, 11) is 3.86. The molecule has 0 atom stereocenters. The van der Waals surface area contributed by atoms with Crippen LogP contribution in [0.2, 0.25) is 0 Å². The van der Waals surface area contributed by atoms with Gasteiger partial charge in [-0.2, -0.15) is 0 Å². The van der Waals surface area contributed by atoms with Crippen LogP contribution in [0.4, 0.5) is 5.95 Å². The Labute approximate surface area is 114 Å². The number of anilines is 1. The third-order valence-corrected chi connectivity index (χ3v) is 2.64. The number of nitrogens with zero attached hydrogens (tertiary/aromatic N) is 3.